The lowest BCUT2D eigenvalue weighted by Gasteiger charge is -2.51. The van der Waals surface area contributed by atoms with Crippen LogP contribution >= 0.6 is 0 Å². The number of piperazine rings is 1. The predicted octanol–water partition coefficient (Wildman–Crippen LogP) is 2.05. The SMILES string of the molecule is CC(C)(C)C(C)(OC(N)=O)OC(Cc1cccnn1)(c1ccccn1)N1CCNCC1. The van der Waals surface area contributed by atoms with Gasteiger partial charge in [0.2, 0.25) is 5.79 Å². The van der Waals surface area contributed by atoms with Crippen molar-refractivity contribution in [3.8, 4) is 0 Å². The number of nitrogens with one attached hydrogen (secondary N) is 1. The fourth-order valence-corrected chi connectivity index (χ4v) is 3.65. The maximum Gasteiger partial charge on any atom is 0.407 e. The van der Waals surface area contributed by atoms with Crippen molar-refractivity contribution in [2.45, 2.75) is 45.6 Å². The first-order chi connectivity index (χ1) is 14.7. The van der Waals surface area contributed by atoms with E-state index in [0.29, 0.717) is 25.2 Å². The van der Waals surface area contributed by atoms with E-state index in [1.165, 1.54) is 0 Å². The van der Waals surface area contributed by atoms with Crippen molar-refractivity contribution in [3.05, 3.63) is 54.1 Å². The normalized spacial score (nSPS) is 19.2. The molecule has 2 unspecified atom stereocenters. The van der Waals surface area contributed by atoms with E-state index in [1.54, 1.807) is 19.3 Å². The van der Waals surface area contributed by atoms with Gasteiger partial charge < -0.3 is 20.5 Å². The molecule has 0 radical (unpaired) electrons. The largest absolute Gasteiger partial charge is 0.417 e. The highest BCUT2D eigenvalue weighted by molar-refractivity contribution is 5.65. The summed E-state index contributed by atoms with van der Waals surface area (Å²) in [5.41, 5.74) is 5.26. The van der Waals surface area contributed by atoms with Gasteiger partial charge in [0, 0.05) is 57.3 Å². The molecular formula is C22H32N6O3. The van der Waals surface area contributed by atoms with Crippen molar-refractivity contribution < 1.29 is 14.3 Å². The summed E-state index contributed by atoms with van der Waals surface area (Å²) in [7, 11) is 0. The number of hydrogen-bond acceptors (Lipinski definition) is 8. The van der Waals surface area contributed by atoms with E-state index in [9.17, 15) is 4.79 Å². The average Bonchev–Trinajstić information content (AvgIpc) is 2.74. The number of ether oxygens (including phenoxy) is 2. The van der Waals surface area contributed by atoms with E-state index >= 15 is 0 Å². The van der Waals surface area contributed by atoms with Gasteiger partial charge in [0.05, 0.1) is 11.4 Å². The molecule has 0 bridgehead atoms. The molecule has 0 aromatic carbocycles. The summed E-state index contributed by atoms with van der Waals surface area (Å²) in [4.78, 5) is 18.8. The van der Waals surface area contributed by atoms with Crippen molar-refractivity contribution in [1.29, 1.82) is 0 Å². The Bertz CT molecular complexity index is 855. The number of hydrogen-bond donors (Lipinski definition) is 2. The molecule has 1 aliphatic rings. The van der Waals surface area contributed by atoms with Crippen LogP contribution in [0.15, 0.2) is 42.7 Å². The predicted molar refractivity (Wildman–Crippen MR) is 116 cm³/mol. The van der Waals surface area contributed by atoms with Crippen molar-refractivity contribution in [2.24, 2.45) is 11.1 Å². The molecule has 3 heterocycles. The Morgan fingerprint density at radius 2 is 1.87 bits per heavy atom. The number of nitrogens with zero attached hydrogens (tertiary/aromatic N) is 4. The summed E-state index contributed by atoms with van der Waals surface area (Å²) in [6.45, 7) is 10.6. The van der Waals surface area contributed by atoms with E-state index in [0.717, 1.165) is 18.8 Å². The first-order valence-electron chi connectivity index (χ1n) is 10.5. The van der Waals surface area contributed by atoms with Crippen molar-refractivity contribution in [2.75, 3.05) is 26.2 Å². The number of pyridine rings is 1. The first kappa shape index (κ1) is 23.1. The third-order valence-corrected chi connectivity index (χ3v) is 5.76. The molecule has 168 valence electrons. The second-order valence-electron chi connectivity index (χ2n) is 8.85. The fourth-order valence-electron chi connectivity index (χ4n) is 3.65. The Morgan fingerprint density at radius 3 is 2.42 bits per heavy atom. The summed E-state index contributed by atoms with van der Waals surface area (Å²) in [5, 5.41) is 11.7. The average molecular weight is 429 g/mol. The van der Waals surface area contributed by atoms with Gasteiger partial charge in [-0.2, -0.15) is 10.2 Å². The van der Waals surface area contributed by atoms with Crippen LogP contribution in [0.3, 0.4) is 0 Å². The quantitative estimate of drug-likeness (QED) is 0.644. The van der Waals surface area contributed by atoms with Gasteiger partial charge in [-0.05, 0) is 24.3 Å². The highest BCUT2D eigenvalue weighted by atomic mass is 16.7. The van der Waals surface area contributed by atoms with Gasteiger partial charge in [0.25, 0.3) is 0 Å². The zero-order valence-corrected chi connectivity index (χ0v) is 18.7. The minimum absolute atomic E-state index is 0.367. The van der Waals surface area contributed by atoms with Gasteiger partial charge in [0.15, 0.2) is 5.72 Å². The summed E-state index contributed by atoms with van der Waals surface area (Å²) in [5.74, 6) is -1.34. The van der Waals surface area contributed by atoms with E-state index in [-0.39, 0.29) is 0 Å². The highest BCUT2D eigenvalue weighted by Crippen LogP contribution is 2.44. The van der Waals surface area contributed by atoms with Crippen LogP contribution in [-0.2, 0) is 21.6 Å². The van der Waals surface area contributed by atoms with Crippen molar-refractivity contribution in [3.63, 3.8) is 0 Å². The van der Waals surface area contributed by atoms with Crippen LogP contribution in [0.25, 0.3) is 0 Å². The minimum atomic E-state index is -1.34. The van der Waals surface area contributed by atoms with Crippen LogP contribution in [0.2, 0.25) is 0 Å². The Balaban J connectivity index is 2.18. The van der Waals surface area contributed by atoms with Crippen molar-refractivity contribution >= 4 is 6.09 Å². The molecule has 0 aliphatic carbocycles. The number of carbonyl (C=O) groups excluding carboxylic acids is 1. The molecule has 3 rings (SSSR count). The number of nitrogens with two attached hydrogens (primary N) is 1. The lowest BCUT2D eigenvalue weighted by Crippen LogP contribution is -2.62. The van der Waals surface area contributed by atoms with Crippen LogP contribution in [0, 0.1) is 5.41 Å². The molecule has 0 spiro atoms. The number of rotatable bonds is 7. The van der Waals surface area contributed by atoms with Gasteiger partial charge in [-0.15, -0.1) is 0 Å². The Labute approximate surface area is 183 Å². The monoisotopic (exact) mass is 428 g/mol. The summed E-state index contributed by atoms with van der Waals surface area (Å²) < 4.78 is 12.5. The number of aromatic nitrogens is 3. The first-order valence-corrected chi connectivity index (χ1v) is 10.5. The zero-order chi connectivity index (χ0) is 22.5. The molecule has 1 saturated heterocycles. The van der Waals surface area contributed by atoms with Crippen LogP contribution in [0.1, 0.15) is 39.1 Å². The molecular weight excluding hydrogens is 396 g/mol. The molecule has 2 atom stereocenters. The molecule has 31 heavy (non-hydrogen) atoms. The zero-order valence-electron chi connectivity index (χ0n) is 18.7. The summed E-state index contributed by atoms with van der Waals surface area (Å²) >= 11 is 0. The fraction of sp³-hybridized carbons (Fsp3) is 0.545. The molecule has 1 fully saturated rings. The van der Waals surface area contributed by atoms with Gasteiger partial charge in [0.1, 0.15) is 0 Å². The molecule has 2 aromatic heterocycles. The van der Waals surface area contributed by atoms with Crippen LogP contribution in [-0.4, -0.2) is 58.1 Å². The molecule has 3 N–H and O–H groups in total. The summed E-state index contributed by atoms with van der Waals surface area (Å²) in [6, 6.07) is 9.44. The third kappa shape index (κ3) is 5.17. The Morgan fingerprint density at radius 1 is 1.13 bits per heavy atom. The van der Waals surface area contributed by atoms with Crippen LogP contribution < -0.4 is 11.1 Å². The van der Waals surface area contributed by atoms with E-state index in [1.807, 2.05) is 51.1 Å². The van der Waals surface area contributed by atoms with E-state index in [2.05, 4.69) is 25.4 Å². The second kappa shape index (κ2) is 9.25. The van der Waals surface area contributed by atoms with Gasteiger partial charge >= 0.3 is 6.09 Å². The maximum atomic E-state index is 11.9. The molecule has 9 nitrogen and oxygen atoms in total. The number of carbonyl (C=O) groups is 1. The third-order valence-electron chi connectivity index (χ3n) is 5.76. The van der Waals surface area contributed by atoms with E-state index < -0.39 is 23.0 Å². The highest BCUT2D eigenvalue weighted by Gasteiger charge is 2.53. The molecule has 2 aromatic rings. The topological polar surface area (TPSA) is 115 Å². The van der Waals surface area contributed by atoms with Gasteiger partial charge in [-0.1, -0.05) is 26.8 Å². The molecule has 1 amide bonds. The minimum Gasteiger partial charge on any atom is -0.417 e. The smallest absolute Gasteiger partial charge is 0.407 e. The number of amides is 1. The lowest BCUT2D eigenvalue weighted by molar-refractivity contribution is -0.339. The second-order valence-corrected chi connectivity index (χ2v) is 8.85. The van der Waals surface area contributed by atoms with Gasteiger partial charge in [-0.25, -0.2) is 4.79 Å². The van der Waals surface area contributed by atoms with Crippen molar-refractivity contribution in [1.82, 2.24) is 25.4 Å². The molecule has 0 saturated carbocycles. The molecule has 9 heteroatoms. The van der Waals surface area contributed by atoms with Crippen LogP contribution in [0.4, 0.5) is 4.79 Å². The Kier molecular flexibility index (Phi) is 6.88. The van der Waals surface area contributed by atoms with Gasteiger partial charge in [-0.3, -0.25) is 9.88 Å². The number of primary amides is 1. The Hall–Kier alpha value is -2.62. The van der Waals surface area contributed by atoms with E-state index in [4.69, 9.17) is 15.2 Å². The molecule has 1 aliphatic heterocycles. The standard InChI is InChI=1S/C22H32N6O3/c1-20(2,3)21(4,30-19(23)29)31-22(18-9-5-6-10-25-18,28-14-12-24-13-15-28)16-17-8-7-11-26-27-17/h5-11,24H,12-16H2,1-4H3,(H2,23,29). The lowest BCUT2D eigenvalue weighted by atomic mass is 9.85. The maximum absolute atomic E-state index is 11.9. The van der Waals surface area contributed by atoms with Crippen LogP contribution in [0.5, 0.6) is 0 Å². The summed E-state index contributed by atoms with van der Waals surface area (Å²) in [6.07, 6.45) is 2.83.